The van der Waals surface area contributed by atoms with E-state index in [2.05, 4.69) is 5.32 Å². The van der Waals surface area contributed by atoms with Crippen molar-refractivity contribution in [2.75, 3.05) is 25.4 Å². The van der Waals surface area contributed by atoms with Crippen molar-refractivity contribution < 1.29 is 8.42 Å². The summed E-state index contributed by atoms with van der Waals surface area (Å²) in [4.78, 5) is 0. The van der Waals surface area contributed by atoms with E-state index in [0.717, 1.165) is 51.2 Å². The Balaban J connectivity index is 0.00000161. The largest absolute Gasteiger partial charge is 0.314 e. The smallest absolute Gasteiger partial charge is 0.214 e. The quantitative estimate of drug-likeness (QED) is 0.810. The Morgan fingerprint density at radius 3 is 2.10 bits per heavy atom. The minimum absolute atomic E-state index is 0. The first-order valence-electron chi connectivity index (χ1n) is 8.35. The van der Waals surface area contributed by atoms with Crippen molar-refractivity contribution in [3.05, 3.63) is 0 Å². The molecule has 21 heavy (non-hydrogen) atoms. The maximum atomic E-state index is 12.4. The number of nitrogens with zero attached hydrogens (tertiary/aromatic N) is 1. The van der Waals surface area contributed by atoms with Gasteiger partial charge in [-0.25, -0.2) is 12.7 Å². The lowest BCUT2D eigenvalue weighted by Gasteiger charge is -2.32. The molecule has 1 N–H and O–H groups in total. The topological polar surface area (TPSA) is 49.4 Å². The molecule has 0 aromatic rings. The Hall–Kier alpha value is 0.160. The molecular weight excluding hydrogens is 308 g/mol. The van der Waals surface area contributed by atoms with Gasteiger partial charge in [0.05, 0.1) is 5.75 Å². The summed E-state index contributed by atoms with van der Waals surface area (Å²) in [5.74, 6) is 1.72. The normalized spacial score (nSPS) is 25.9. The Bertz CT molecular complexity index is 411. The fourth-order valence-electron chi connectivity index (χ4n) is 3.57. The summed E-state index contributed by atoms with van der Waals surface area (Å²) < 4.78 is 26.6. The molecule has 0 unspecified atom stereocenters. The molecule has 124 valence electrons. The highest BCUT2D eigenvalue weighted by molar-refractivity contribution is 7.89. The molecule has 1 saturated heterocycles. The molecule has 0 atom stereocenters. The molecule has 0 bridgehead atoms. The van der Waals surface area contributed by atoms with Crippen molar-refractivity contribution in [1.29, 1.82) is 0 Å². The van der Waals surface area contributed by atoms with Crippen molar-refractivity contribution in [3.8, 4) is 0 Å². The van der Waals surface area contributed by atoms with E-state index in [1.807, 2.05) is 0 Å². The lowest BCUT2D eigenvalue weighted by Crippen LogP contribution is -2.46. The summed E-state index contributed by atoms with van der Waals surface area (Å²) in [6.07, 6.45) is 9.37. The number of piperidine rings is 1. The van der Waals surface area contributed by atoms with Gasteiger partial charge < -0.3 is 5.32 Å². The van der Waals surface area contributed by atoms with Crippen molar-refractivity contribution in [3.63, 3.8) is 0 Å². The summed E-state index contributed by atoms with van der Waals surface area (Å²) in [5, 5.41) is 3.61. The predicted octanol–water partition coefficient (Wildman–Crippen LogP) is 2.39. The molecule has 0 radical (unpaired) electrons. The van der Waals surface area contributed by atoms with Gasteiger partial charge in [-0.1, -0.05) is 12.8 Å². The van der Waals surface area contributed by atoms with Crippen LogP contribution in [0.4, 0.5) is 0 Å². The highest BCUT2D eigenvalue weighted by Crippen LogP contribution is 2.29. The lowest BCUT2D eigenvalue weighted by molar-refractivity contribution is 0.286. The molecule has 0 spiro atoms. The third-order valence-electron chi connectivity index (χ3n) is 5.16. The van der Waals surface area contributed by atoms with Crippen LogP contribution < -0.4 is 5.32 Å². The second-order valence-corrected chi connectivity index (χ2v) is 8.97. The number of hydrogen-bond acceptors (Lipinski definition) is 3. The van der Waals surface area contributed by atoms with Crippen LogP contribution in [-0.2, 0) is 10.0 Å². The van der Waals surface area contributed by atoms with E-state index in [1.54, 1.807) is 4.31 Å². The van der Waals surface area contributed by atoms with Crippen LogP contribution in [0.2, 0.25) is 0 Å². The summed E-state index contributed by atoms with van der Waals surface area (Å²) in [6.45, 7) is 2.58. The fourth-order valence-corrected chi connectivity index (χ4v) is 5.48. The molecule has 1 heterocycles. The van der Waals surface area contributed by atoms with E-state index >= 15 is 0 Å². The van der Waals surface area contributed by atoms with Gasteiger partial charge in [-0.2, -0.15) is 0 Å². The van der Waals surface area contributed by atoms with E-state index in [0.29, 0.717) is 17.7 Å². The zero-order chi connectivity index (χ0) is 14.0. The second-order valence-electron chi connectivity index (χ2n) is 6.95. The number of sulfonamides is 1. The van der Waals surface area contributed by atoms with Crippen molar-refractivity contribution in [2.45, 2.75) is 57.4 Å². The molecule has 1 aliphatic heterocycles. The van der Waals surface area contributed by atoms with E-state index in [1.165, 1.54) is 25.7 Å². The highest BCUT2D eigenvalue weighted by atomic mass is 35.5. The Labute approximate surface area is 135 Å². The molecule has 3 aliphatic rings. The molecule has 3 rings (SSSR count). The zero-order valence-corrected chi connectivity index (χ0v) is 14.4. The molecule has 2 saturated carbocycles. The van der Waals surface area contributed by atoms with Crippen molar-refractivity contribution >= 4 is 22.4 Å². The van der Waals surface area contributed by atoms with Gasteiger partial charge in [-0.3, -0.25) is 0 Å². The van der Waals surface area contributed by atoms with Crippen LogP contribution in [0.15, 0.2) is 0 Å². The number of nitrogens with one attached hydrogen (secondary N) is 1. The Morgan fingerprint density at radius 1 is 0.905 bits per heavy atom. The average molecular weight is 337 g/mol. The van der Waals surface area contributed by atoms with Gasteiger partial charge in [0.25, 0.3) is 0 Å². The molecular formula is C15H29ClN2O2S. The van der Waals surface area contributed by atoms with Crippen LogP contribution in [0.1, 0.15) is 51.4 Å². The summed E-state index contributed by atoms with van der Waals surface area (Å²) in [7, 11) is -3.00. The zero-order valence-electron chi connectivity index (χ0n) is 12.8. The van der Waals surface area contributed by atoms with Gasteiger partial charge in [0.2, 0.25) is 10.0 Å². The predicted molar refractivity (Wildman–Crippen MR) is 88.3 cm³/mol. The van der Waals surface area contributed by atoms with Crippen LogP contribution in [0, 0.1) is 11.8 Å². The number of rotatable bonds is 6. The molecule has 2 aliphatic carbocycles. The SMILES string of the molecule is Cl.O=S(=O)(CC1CCCC1)N1CCC(NCC2CC2)CC1. The number of hydrogen-bond donors (Lipinski definition) is 1. The summed E-state index contributed by atoms with van der Waals surface area (Å²) >= 11 is 0. The van der Waals surface area contributed by atoms with Crippen LogP contribution in [0.5, 0.6) is 0 Å². The van der Waals surface area contributed by atoms with Gasteiger partial charge >= 0.3 is 0 Å². The standard InChI is InChI=1S/C15H28N2O2S.ClH/c18-20(19,12-14-3-1-2-4-14)17-9-7-15(8-10-17)16-11-13-5-6-13;/h13-16H,1-12H2;1H. The van der Waals surface area contributed by atoms with Crippen LogP contribution in [0.25, 0.3) is 0 Å². The fraction of sp³-hybridized carbons (Fsp3) is 1.00. The van der Waals surface area contributed by atoms with Gasteiger partial charge in [-0.15, -0.1) is 12.4 Å². The molecule has 0 aromatic carbocycles. The molecule has 6 heteroatoms. The lowest BCUT2D eigenvalue weighted by atomic mass is 10.1. The molecule has 4 nitrogen and oxygen atoms in total. The van der Waals surface area contributed by atoms with Crippen molar-refractivity contribution in [1.82, 2.24) is 9.62 Å². The van der Waals surface area contributed by atoms with Gasteiger partial charge in [0.1, 0.15) is 0 Å². The maximum absolute atomic E-state index is 12.4. The van der Waals surface area contributed by atoms with Gasteiger partial charge in [0, 0.05) is 19.1 Å². The van der Waals surface area contributed by atoms with E-state index < -0.39 is 10.0 Å². The average Bonchev–Trinajstić information content (AvgIpc) is 3.14. The molecule has 0 aromatic heterocycles. The van der Waals surface area contributed by atoms with E-state index in [-0.39, 0.29) is 12.4 Å². The minimum atomic E-state index is -3.00. The summed E-state index contributed by atoms with van der Waals surface area (Å²) in [5.41, 5.74) is 0. The van der Waals surface area contributed by atoms with Gasteiger partial charge in [-0.05, 0) is 56.9 Å². The van der Waals surface area contributed by atoms with Crippen LogP contribution >= 0.6 is 12.4 Å². The molecule has 0 amide bonds. The highest BCUT2D eigenvalue weighted by Gasteiger charge is 2.31. The van der Waals surface area contributed by atoms with Gasteiger partial charge in [0.15, 0.2) is 0 Å². The Morgan fingerprint density at radius 2 is 1.52 bits per heavy atom. The minimum Gasteiger partial charge on any atom is -0.314 e. The first kappa shape index (κ1) is 17.5. The van der Waals surface area contributed by atoms with E-state index in [4.69, 9.17) is 0 Å². The third kappa shape index (κ3) is 5.08. The van der Waals surface area contributed by atoms with Crippen molar-refractivity contribution in [2.24, 2.45) is 11.8 Å². The first-order chi connectivity index (χ1) is 9.63. The van der Waals surface area contributed by atoms with E-state index in [9.17, 15) is 8.42 Å². The van der Waals surface area contributed by atoms with Crippen LogP contribution in [0.3, 0.4) is 0 Å². The number of halogens is 1. The second kappa shape index (κ2) is 7.62. The first-order valence-corrected chi connectivity index (χ1v) is 9.95. The monoisotopic (exact) mass is 336 g/mol. The Kier molecular flexibility index (Phi) is 6.36. The molecule has 3 fully saturated rings. The maximum Gasteiger partial charge on any atom is 0.214 e. The van der Waals surface area contributed by atoms with Crippen LogP contribution in [-0.4, -0.2) is 44.2 Å². The summed E-state index contributed by atoms with van der Waals surface area (Å²) in [6, 6.07) is 0.536. The third-order valence-corrected chi connectivity index (χ3v) is 7.21.